The Morgan fingerprint density at radius 2 is 2.13 bits per heavy atom. The second-order valence-electron chi connectivity index (χ2n) is 4.74. The van der Waals surface area contributed by atoms with Crippen molar-refractivity contribution in [1.29, 1.82) is 0 Å². The first kappa shape index (κ1) is 10.9. The van der Waals surface area contributed by atoms with Crippen molar-refractivity contribution in [3.63, 3.8) is 0 Å². The molecule has 0 aromatic heterocycles. The summed E-state index contributed by atoms with van der Waals surface area (Å²) in [7, 11) is 0. The molecule has 0 saturated heterocycles. The summed E-state index contributed by atoms with van der Waals surface area (Å²) in [5.74, 6) is 0.316. The van der Waals surface area contributed by atoms with Crippen LogP contribution in [0, 0.1) is 11.7 Å². The number of hydrogen-bond acceptors (Lipinski definition) is 1. The number of hydrogen-bond donors (Lipinski definition) is 1. The van der Waals surface area contributed by atoms with Crippen LogP contribution in [-0.2, 0) is 5.41 Å². The van der Waals surface area contributed by atoms with Gasteiger partial charge in [0.15, 0.2) is 0 Å². The summed E-state index contributed by atoms with van der Waals surface area (Å²) in [4.78, 5) is 0. The Kier molecular flexibility index (Phi) is 2.53. The molecule has 1 atom stereocenters. The van der Waals surface area contributed by atoms with Crippen LogP contribution >= 0.6 is 15.9 Å². The molecule has 3 heteroatoms. The molecule has 1 nitrogen and oxygen atoms in total. The zero-order valence-electron chi connectivity index (χ0n) is 9.20. The van der Waals surface area contributed by atoms with Crippen molar-refractivity contribution in [3.8, 4) is 0 Å². The standard InChI is InChI=1S/C12H15BrFN/c1-7(2)12(3)6-15-11-9(12)4-8(14)5-10(11)13/h4-5,7,15H,6H2,1-3H3. The van der Waals surface area contributed by atoms with Crippen LogP contribution in [0.2, 0.25) is 0 Å². The van der Waals surface area contributed by atoms with Gasteiger partial charge in [0.1, 0.15) is 5.82 Å². The van der Waals surface area contributed by atoms with Gasteiger partial charge in [-0.25, -0.2) is 4.39 Å². The highest BCUT2D eigenvalue weighted by Gasteiger charge is 2.38. The summed E-state index contributed by atoms with van der Waals surface area (Å²) in [6.45, 7) is 7.41. The normalized spacial score (nSPS) is 24.1. The molecule has 1 unspecified atom stereocenters. The molecule has 0 bridgehead atoms. The van der Waals surface area contributed by atoms with E-state index in [1.807, 2.05) is 0 Å². The zero-order valence-corrected chi connectivity index (χ0v) is 10.8. The van der Waals surface area contributed by atoms with E-state index < -0.39 is 0 Å². The van der Waals surface area contributed by atoms with Crippen LogP contribution in [0.5, 0.6) is 0 Å². The summed E-state index contributed by atoms with van der Waals surface area (Å²) >= 11 is 3.40. The number of halogens is 2. The maximum Gasteiger partial charge on any atom is 0.124 e. The molecule has 1 aliphatic heterocycles. The smallest absolute Gasteiger partial charge is 0.124 e. The Labute approximate surface area is 98.2 Å². The van der Waals surface area contributed by atoms with Crippen LogP contribution in [0.1, 0.15) is 26.3 Å². The first-order chi connectivity index (χ1) is 6.95. The van der Waals surface area contributed by atoms with Crippen molar-refractivity contribution in [1.82, 2.24) is 0 Å². The molecular formula is C12H15BrFN. The third-order valence-corrected chi connectivity index (χ3v) is 4.20. The van der Waals surface area contributed by atoms with Crippen molar-refractivity contribution in [2.24, 2.45) is 5.92 Å². The predicted octanol–water partition coefficient (Wildman–Crippen LogP) is 3.93. The molecule has 0 radical (unpaired) electrons. The fraction of sp³-hybridized carbons (Fsp3) is 0.500. The van der Waals surface area contributed by atoms with Crippen LogP contribution in [0.15, 0.2) is 16.6 Å². The van der Waals surface area contributed by atoms with E-state index in [0.29, 0.717) is 5.92 Å². The minimum absolute atomic E-state index is 0.0277. The summed E-state index contributed by atoms with van der Waals surface area (Å²) < 4.78 is 14.2. The minimum Gasteiger partial charge on any atom is -0.383 e. The molecule has 0 spiro atoms. The van der Waals surface area contributed by atoms with E-state index in [4.69, 9.17) is 0 Å². The Bertz CT molecular complexity index is 403. The average molecular weight is 272 g/mol. The third kappa shape index (κ3) is 1.57. The number of fused-ring (bicyclic) bond motifs is 1. The highest BCUT2D eigenvalue weighted by Crippen LogP contribution is 2.45. The van der Waals surface area contributed by atoms with Crippen molar-refractivity contribution >= 4 is 21.6 Å². The fourth-order valence-electron chi connectivity index (χ4n) is 2.09. The number of rotatable bonds is 1. The lowest BCUT2D eigenvalue weighted by Gasteiger charge is -2.28. The second-order valence-corrected chi connectivity index (χ2v) is 5.59. The highest BCUT2D eigenvalue weighted by molar-refractivity contribution is 9.10. The molecule has 1 aromatic rings. The van der Waals surface area contributed by atoms with Gasteiger partial charge in [0.05, 0.1) is 5.69 Å². The monoisotopic (exact) mass is 271 g/mol. The van der Waals surface area contributed by atoms with Gasteiger partial charge in [-0.15, -0.1) is 0 Å². The molecule has 0 fully saturated rings. The Balaban J connectivity index is 2.60. The quantitative estimate of drug-likeness (QED) is 0.816. The number of nitrogens with one attached hydrogen (secondary N) is 1. The van der Waals surface area contributed by atoms with Crippen LogP contribution in [0.4, 0.5) is 10.1 Å². The minimum atomic E-state index is -0.170. The van der Waals surface area contributed by atoms with Gasteiger partial charge in [-0.1, -0.05) is 20.8 Å². The number of anilines is 1. The van der Waals surface area contributed by atoms with Crippen LogP contribution in [-0.4, -0.2) is 6.54 Å². The molecule has 1 aliphatic rings. The molecule has 15 heavy (non-hydrogen) atoms. The van der Waals surface area contributed by atoms with Gasteiger partial charge in [0.25, 0.3) is 0 Å². The van der Waals surface area contributed by atoms with E-state index >= 15 is 0 Å². The molecule has 0 saturated carbocycles. The van der Waals surface area contributed by atoms with Crippen LogP contribution in [0.25, 0.3) is 0 Å². The van der Waals surface area contributed by atoms with Crippen molar-refractivity contribution < 1.29 is 4.39 Å². The molecule has 1 aromatic carbocycles. The molecule has 1 N–H and O–H groups in total. The Morgan fingerprint density at radius 3 is 2.73 bits per heavy atom. The van der Waals surface area contributed by atoms with E-state index in [1.165, 1.54) is 6.07 Å². The fourth-order valence-corrected chi connectivity index (χ4v) is 2.66. The molecule has 82 valence electrons. The van der Waals surface area contributed by atoms with Gasteiger partial charge >= 0.3 is 0 Å². The number of benzene rings is 1. The zero-order chi connectivity index (χ0) is 11.2. The van der Waals surface area contributed by atoms with Crippen LogP contribution in [0.3, 0.4) is 0 Å². The molecular weight excluding hydrogens is 257 g/mol. The molecule has 0 amide bonds. The van der Waals surface area contributed by atoms with E-state index in [9.17, 15) is 4.39 Å². The van der Waals surface area contributed by atoms with Gasteiger partial charge in [-0.2, -0.15) is 0 Å². The largest absolute Gasteiger partial charge is 0.383 e. The maximum atomic E-state index is 13.4. The van der Waals surface area contributed by atoms with E-state index in [2.05, 4.69) is 42.0 Å². The lowest BCUT2D eigenvalue weighted by molar-refractivity contribution is 0.370. The SMILES string of the molecule is CC(C)C1(C)CNc2c(Br)cc(F)cc21. The Hall–Kier alpha value is -0.570. The summed E-state index contributed by atoms with van der Waals surface area (Å²) in [5.41, 5.74) is 2.16. The molecule has 1 heterocycles. The van der Waals surface area contributed by atoms with Gasteiger partial charge < -0.3 is 5.32 Å². The van der Waals surface area contributed by atoms with E-state index in [-0.39, 0.29) is 11.2 Å². The topological polar surface area (TPSA) is 12.0 Å². The first-order valence-corrected chi connectivity index (χ1v) is 5.98. The Morgan fingerprint density at radius 1 is 1.47 bits per heavy atom. The lowest BCUT2D eigenvalue weighted by Crippen LogP contribution is -2.30. The van der Waals surface area contributed by atoms with Gasteiger partial charge in [0, 0.05) is 16.4 Å². The molecule has 0 aliphatic carbocycles. The predicted molar refractivity (Wildman–Crippen MR) is 64.8 cm³/mol. The van der Waals surface area contributed by atoms with E-state index in [1.54, 1.807) is 6.07 Å². The maximum absolute atomic E-state index is 13.4. The second kappa shape index (κ2) is 3.48. The highest BCUT2D eigenvalue weighted by atomic mass is 79.9. The summed E-state index contributed by atoms with van der Waals surface area (Å²) in [5, 5.41) is 3.35. The lowest BCUT2D eigenvalue weighted by atomic mass is 9.75. The van der Waals surface area contributed by atoms with Gasteiger partial charge in [0.2, 0.25) is 0 Å². The van der Waals surface area contributed by atoms with Crippen molar-refractivity contribution in [3.05, 3.63) is 28.0 Å². The molecule has 2 rings (SSSR count). The summed E-state index contributed by atoms with van der Waals surface area (Å²) in [6, 6.07) is 3.16. The van der Waals surface area contributed by atoms with Gasteiger partial charge in [-0.05, 0) is 39.5 Å². The van der Waals surface area contributed by atoms with Gasteiger partial charge in [-0.3, -0.25) is 0 Å². The first-order valence-electron chi connectivity index (χ1n) is 5.18. The average Bonchev–Trinajstić information content (AvgIpc) is 2.46. The third-order valence-electron chi connectivity index (χ3n) is 3.58. The summed E-state index contributed by atoms with van der Waals surface area (Å²) in [6.07, 6.45) is 0. The van der Waals surface area contributed by atoms with Crippen molar-refractivity contribution in [2.45, 2.75) is 26.2 Å². The van der Waals surface area contributed by atoms with Crippen LogP contribution < -0.4 is 5.32 Å². The van der Waals surface area contributed by atoms with Crippen molar-refractivity contribution in [2.75, 3.05) is 11.9 Å². The van der Waals surface area contributed by atoms with E-state index in [0.717, 1.165) is 22.3 Å².